The minimum atomic E-state index is -3.59. The molecule has 0 radical (unpaired) electrons. The summed E-state index contributed by atoms with van der Waals surface area (Å²) in [6.45, 7) is 2.99. The van der Waals surface area contributed by atoms with Gasteiger partial charge in [-0.15, -0.1) is 0 Å². The molecule has 0 aliphatic carbocycles. The van der Waals surface area contributed by atoms with Crippen molar-refractivity contribution in [3.05, 3.63) is 89.5 Å². The number of nitriles is 1. The van der Waals surface area contributed by atoms with Gasteiger partial charge in [0.2, 0.25) is 10.0 Å². The fourth-order valence-electron chi connectivity index (χ4n) is 3.88. The molecule has 1 fully saturated rings. The summed E-state index contributed by atoms with van der Waals surface area (Å²) in [6, 6.07) is 23.4. The third kappa shape index (κ3) is 4.15. The molecule has 0 atom stereocenters. The van der Waals surface area contributed by atoms with Crippen molar-refractivity contribution in [2.75, 3.05) is 26.2 Å². The molecule has 0 spiro atoms. The number of hydrogen-bond donors (Lipinski definition) is 0. The number of benzene rings is 3. The van der Waals surface area contributed by atoms with E-state index in [1.807, 2.05) is 31.2 Å². The van der Waals surface area contributed by atoms with Gasteiger partial charge in [-0.25, -0.2) is 8.42 Å². The van der Waals surface area contributed by atoms with Crippen LogP contribution < -0.4 is 0 Å². The quantitative estimate of drug-likeness (QED) is 0.613. The third-order valence-electron chi connectivity index (χ3n) is 5.68. The van der Waals surface area contributed by atoms with Crippen LogP contribution >= 0.6 is 0 Å². The maximum absolute atomic E-state index is 13.3. The van der Waals surface area contributed by atoms with Crippen molar-refractivity contribution in [3.8, 4) is 17.2 Å². The zero-order valence-electron chi connectivity index (χ0n) is 17.7. The Bertz CT molecular complexity index is 1290. The van der Waals surface area contributed by atoms with Gasteiger partial charge in [0.05, 0.1) is 16.5 Å². The minimum absolute atomic E-state index is 0.166. The highest BCUT2D eigenvalue weighted by Gasteiger charge is 2.31. The molecule has 3 aromatic rings. The Morgan fingerprint density at radius 1 is 0.844 bits per heavy atom. The summed E-state index contributed by atoms with van der Waals surface area (Å²) in [5.74, 6) is -0.166. The summed E-state index contributed by atoms with van der Waals surface area (Å²) in [5.41, 5.74) is 3.41. The second-order valence-electron chi connectivity index (χ2n) is 7.71. The van der Waals surface area contributed by atoms with Gasteiger partial charge in [-0.1, -0.05) is 54.1 Å². The van der Waals surface area contributed by atoms with E-state index in [-0.39, 0.29) is 23.9 Å². The standard InChI is InChI=1S/C25H23N3O3S/c1-19-10-12-21(13-11-19)32(30,31)28-16-14-27(15-17-28)25(29)24-9-5-4-8-23(24)22-7-3-2-6-20(22)18-26/h2-13H,14-17H2,1H3. The van der Waals surface area contributed by atoms with E-state index in [0.29, 0.717) is 35.3 Å². The first-order valence-corrected chi connectivity index (χ1v) is 11.8. The lowest BCUT2D eigenvalue weighted by Crippen LogP contribution is -2.50. The maximum Gasteiger partial charge on any atom is 0.254 e. The highest BCUT2D eigenvalue weighted by atomic mass is 32.2. The average Bonchev–Trinajstić information content (AvgIpc) is 2.84. The van der Waals surface area contributed by atoms with E-state index in [4.69, 9.17) is 0 Å². The molecule has 1 aliphatic rings. The number of aryl methyl sites for hydroxylation is 1. The van der Waals surface area contributed by atoms with Crippen LogP contribution in [0.4, 0.5) is 0 Å². The fraction of sp³-hybridized carbons (Fsp3) is 0.200. The van der Waals surface area contributed by atoms with E-state index >= 15 is 0 Å². The molecule has 0 aromatic heterocycles. The Morgan fingerprint density at radius 3 is 2.09 bits per heavy atom. The van der Waals surface area contributed by atoms with Gasteiger partial charge in [-0.05, 0) is 36.8 Å². The zero-order chi connectivity index (χ0) is 22.7. The van der Waals surface area contributed by atoms with Gasteiger partial charge < -0.3 is 4.90 Å². The molecule has 7 heteroatoms. The second-order valence-corrected chi connectivity index (χ2v) is 9.65. The highest BCUT2D eigenvalue weighted by molar-refractivity contribution is 7.89. The van der Waals surface area contributed by atoms with Gasteiger partial charge in [0.25, 0.3) is 5.91 Å². The van der Waals surface area contributed by atoms with Crippen LogP contribution in [0.2, 0.25) is 0 Å². The molecular weight excluding hydrogens is 422 g/mol. The molecule has 1 saturated heterocycles. The van der Waals surface area contributed by atoms with Crippen LogP contribution in [0.5, 0.6) is 0 Å². The number of carbonyl (C=O) groups is 1. The predicted octanol–water partition coefficient (Wildman–Crippen LogP) is 3.68. The van der Waals surface area contributed by atoms with Crippen LogP contribution in [0.1, 0.15) is 21.5 Å². The molecule has 0 saturated carbocycles. The molecule has 3 aromatic carbocycles. The number of nitrogens with zero attached hydrogens (tertiary/aromatic N) is 3. The monoisotopic (exact) mass is 445 g/mol. The highest BCUT2D eigenvalue weighted by Crippen LogP contribution is 2.28. The Labute approximate surface area is 188 Å². The summed E-state index contributed by atoms with van der Waals surface area (Å²) in [7, 11) is -3.59. The lowest BCUT2D eigenvalue weighted by molar-refractivity contribution is 0.0698. The molecule has 4 rings (SSSR count). The van der Waals surface area contributed by atoms with Gasteiger partial charge in [0.15, 0.2) is 0 Å². The number of sulfonamides is 1. The van der Waals surface area contributed by atoms with Crippen molar-refractivity contribution >= 4 is 15.9 Å². The summed E-state index contributed by atoms with van der Waals surface area (Å²) in [6.07, 6.45) is 0. The van der Waals surface area contributed by atoms with Crippen LogP contribution in [0.15, 0.2) is 77.7 Å². The summed E-state index contributed by atoms with van der Waals surface area (Å²) in [4.78, 5) is 15.3. The van der Waals surface area contributed by atoms with E-state index in [0.717, 1.165) is 5.56 Å². The molecule has 0 unspecified atom stereocenters. The first-order chi connectivity index (χ1) is 15.4. The van der Waals surface area contributed by atoms with Crippen LogP contribution in [-0.4, -0.2) is 49.7 Å². The number of amides is 1. The topological polar surface area (TPSA) is 81.5 Å². The summed E-state index contributed by atoms with van der Waals surface area (Å²) >= 11 is 0. The maximum atomic E-state index is 13.3. The average molecular weight is 446 g/mol. The zero-order valence-corrected chi connectivity index (χ0v) is 18.5. The molecule has 0 bridgehead atoms. The number of carbonyl (C=O) groups excluding carboxylic acids is 1. The van der Waals surface area contributed by atoms with E-state index in [2.05, 4.69) is 6.07 Å². The van der Waals surface area contributed by atoms with Crippen molar-refractivity contribution in [2.24, 2.45) is 0 Å². The molecule has 0 N–H and O–H groups in total. The molecule has 1 aliphatic heterocycles. The molecule has 32 heavy (non-hydrogen) atoms. The van der Waals surface area contributed by atoms with Crippen LogP contribution in [0, 0.1) is 18.3 Å². The van der Waals surface area contributed by atoms with Crippen molar-refractivity contribution < 1.29 is 13.2 Å². The smallest absolute Gasteiger partial charge is 0.254 e. The molecule has 1 heterocycles. The number of rotatable bonds is 4. The van der Waals surface area contributed by atoms with Crippen molar-refractivity contribution in [1.29, 1.82) is 5.26 Å². The SMILES string of the molecule is Cc1ccc(S(=O)(=O)N2CCN(C(=O)c3ccccc3-c3ccccc3C#N)CC2)cc1. The van der Waals surface area contributed by atoms with Crippen LogP contribution in [0.25, 0.3) is 11.1 Å². The van der Waals surface area contributed by atoms with Crippen molar-refractivity contribution in [1.82, 2.24) is 9.21 Å². The first-order valence-electron chi connectivity index (χ1n) is 10.4. The molecule has 1 amide bonds. The van der Waals surface area contributed by atoms with Crippen LogP contribution in [-0.2, 0) is 10.0 Å². The van der Waals surface area contributed by atoms with Gasteiger partial charge >= 0.3 is 0 Å². The van der Waals surface area contributed by atoms with Crippen LogP contribution in [0.3, 0.4) is 0 Å². The largest absolute Gasteiger partial charge is 0.336 e. The molecule has 6 nitrogen and oxygen atoms in total. The lowest BCUT2D eigenvalue weighted by atomic mass is 9.95. The fourth-order valence-corrected chi connectivity index (χ4v) is 5.30. The Morgan fingerprint density at radius 2 is 1.44 bits per heavy atom. The molecular formula is C25H23N3O3S. The normalized spacial score (nSPS) is 14.7. The molecule has 162 valence electrons. The van der Waals surface area contributed by atoms with Gasteiger partial charge in [0.1, 0.15) is 0 Å². The minimum Gasteiger partial charge on any atom is -0.336 e. The third-order valence-corrected chi connectivity index (χ3v) is 7.59. The summed E-state index contributed by atoms with van der Waals surface area (Å²) < 4.78 is 27.3. The summed E-state index contributed by atoms with van der Waals surface area (Å²) in [5, 5.41) is 9.46. The van der Waals surface area contributed by atoms with E-state index in [1.165, 1.54) is 4.31 Å². The van der Waals surface area contributed by atoms with Crippen molar-refractivity contribution in [2.45, 2.75) is 11.8 Å². The van der Waals surface area contributed by atoms with E-state index in [9.17, 15) is 18.5 Å². The van der Waals surface area contributed by atoms with Gasteiger partial charge in [-0.3, -0.25) is 4.79 Å². The Kier molecular flexibility index (Phi) is 6.08. The Balaban J connectivity index is 1.54. The van der Waals surface area contributed by atoms with E-state index in [1.54, 1.807) is 53.4 Å². The number of hydrogen-bond acceptors (Lipinski definition) is 4. The first kappa shape index (κ1) is 21.8. The predicted molar refractivity (Wildman–Crippen MR) is 122 cm³/mol. The van der Waals surface area contributed by atoms with Gasteiger partial charge in [0, 0.05) is 37.3 Å². The second kappa shape index (κ2) is 8.95. The van der Waals surface area contributed by atoms with Gasteiger partial charge in [-0.2, -0.15) is 9.57 Å². The van der Waals surface area contributed by atoms with E-state index < -0.39 is 10.0 Å². The number of piperazine rings is 1. The lowest BCUT2D eigenvalue weighted by Gasteiger charge is -2.34. The Hall–Kier alpha value is -3.47. The van der Waals surface area contributed by atoms with Crippen molar-refractivity contribution in [3.63, 3.8) is 0 Å².